The van der Waals surface area contributed by atoms with Crippen molar-refractivity contribution < 1.29 is 26.5 Å². The molecule has 13 heavy (non-hydrogen) atoms. The van der Waals surface area contributed by atoms with E-state index in [0.29, 0.717) is 13.4 Å². The Bertz CT molecular complexity index is 99.6. The van der Waals surface area contributed by atoms with Crippen molar-refractivity contribution in [1.82, 2.24) is 0 Å². The second-order valence-electron chi connectivity index (χ2n) is 2.07. The van der Waals surface area contributed by atoms with Gasteiger partial charge in [0.25, 0.3) is 0 Å². The number of hydrogen-bond acceptors (Lipinski definition) is 2. The van der Waals surface area contributed by atoms with E-state index >= 15 is 0 Å². The fourth-order valence-corrected chi connectivity index (χ4v) is 0.588. The van der Waals surface area contributed by atoms with E-state index < -0.39 is 0 Å². The van der Waals surface area contributed by atoms with E-state index in [9.17, 15) is 0 Å². The van der Waals surface area contributed by atoms with Crippen LogP contribution in [-0.4, -0.2) is 43.1 Å². The van der Waals surface area contributed by atoms with Gasteiger partial charge in [0.15, 0.2) is 0 Å². The van der Waals surface area contributed by atoms with E-state index in [1.165, 1.54) is 0 Å². The van der Waals surface area contributed by atoms with Crippen LogP contribution >= 0.6 is 0 Å². The first-order valence-electron chi connectivity index (χ1n) is 4.01. The SMILES string of the molecule is [Br-].[CH2-]C/C=C/CCOCOCC.[Mg+2]. The first-order valence-corrected chi connectivity index (χ1v) is 4.01. The first-order chi connectivity index (χ1) is 5.41. The molecule has 0 aromatic carbocycles. The van der Waals surface area contributed by atoms with Crippen LogP contribution in [0, 0.1) is 6.92 Å². The summed E-state index contributed by atoms with van der Waals surface area (Å²) in [7, 11) is 0. The summed E-state index contributed by atoms with van der Waals surface area (Å²) >= 11 is 0. The van der Waals surface area contributed by atoms with Gasteiger partial charge in [-0.2, -0.15) is 6.42 Å². The molecule has 0 aromatic rings. The number of ether oxygens (including phenoxy) is 2. The minimum absolute atomic E-state index is 0. The van der Waals surface area contributed by atoms with Crippen molar-refractivity contribution in [2.24, 2.45) is 0 Å². The van der Waals surface area contributed by atoms with Gasteiger partial charge in [-0.05, 0) is 13.3 Å². The zero-order valence-electron chi connectivity index (χ0n) is 8.30. The Morgan fingerprint density at radius 3 is 2.46 bits per heavy atom. The summed E-state index contributed by atoms with van der Waals surface area (Å²) in [6.45, 7) is 7.49. The second-order valence-corrected chi connectivity index (χ2v) is 2.07. The summed E-state index contributed by atoms with van der Waals surface area (Å²) in [4.78, 5) is 0. The third-order valence-electron chi connectivity index (χ3n) is 1.13. The van der Waals surface area contributed by atoms with Crippen molar-refractivity contribution in [3.63, 3.8) is 0 Å². The number of halogens is 1. The Morgan fingerprint density at radius 2 is 1.92 bits per heavy atom. The molecule has 0 aliphatic carbocycles. The number of allylic oxidation sites excluding steroid dienone is 1. The van der Waals surface area contributed by atoms with Gasteiger partial charge in [-0.15, -0.1) is 6.08 Å². The van der Waals surface area contributed by atoms with E-state index in [2.05, 4.69) is 13.0 Å². The third kappa shape index (κ3) is 19.4. The molecule has 0 spiro atoms. The van der Waals surface area contributed by atoms with E-state index in [-0.39, 0.29) is 40.0 Å². The van der Waals surface area contributed by atoms with Crippen LogP contribution in [0.2, 0.25) is 0 Å². The van der Waals surface area contributed by atoms with Crippen LogP contribution < -0.4 is 17.0 Å². The van der Waals surface area contributed by atoms with Crippen LogP contribution in [-0.2, 0) is 9.47 Å². The largest absolute Gasteiger partial charge is 2.00 e. The standard InChI is InChI=1S/C9H17O2.BrH.Mg/c1-3-5-6-7-8-11-9-10-4-2;;/h5-6H,1,3-4,7-9H2,2H3;1H;/q-1;;+2/p-1/b6-5+;;. The molecule has 0 aliphatic rings. The molecule has 0 bridgehead atoms. The number of hydrogen-bond donors (Lipinski definition) is 0. The average molecular weight is 261 g/mol. The van der Waals surface area contributed by atoms with Crippen LogP contribution in [0.4, 0.5) is 0 Å². The van der Waals surface area contributed by atoms with Gasteiger partial charge in [-0.25, -0.2) is 0 Å². The fourth-order valence-electron chi connectivity index (χ4n) is 0.588. The molecule has 0 radical (unpaired) electrons. The summed E-state index contributed by atoms with van der Waals surface area (Å²) in [5.41, 5.74) is 0. The zero-order valence-corrected chi connectivity index (χ0v) is 11.3. The minimum Gasteiger partial charge on any atom is -1.00 e. The molecule has 4 heteroatoms. The van der Waals surface area contributed by atoms with E-state index in [1.807, 2.05) is 13.0 Å². The van der Waals surface area contributed by atoms with Crippen LogP contribution in [0.15, 0.2) is 12.2 Å². The summed E-state index contributed by atoms with van der Waals surface area (Å²) in [5, 5.41) is 0. The van der Waals surface area contributed by atoms with Crippen LogP contribution in [0.3, 0.4) is 0 Å². The van der Waals surface area contributed by atoms with Crippen molar-refractivity contribution in [1.29, 1.82) is 0 Å². The molecule has 74 valence electrons. The molecule has 2 nitrogen and oxygen atoms in total. The molecule has 0 aliphatic heterocycles. The summed E-state index contributed by atoms with van der Waals surface area (Å²) in [6.07, 6.45) is 5.90. The normalized spacial score (nSPS) is 9.38. The third-order valence-corrected chi connectivity index (χ3v) is 1.13. The van der Waals surface area contributed by atoms with E-state index in [0.717, 1.165) is 19.4 Å². The molecule has 0 saturated heterocycles. The smallest absolute Gasteiger partial charge is 1.00 e. The molecule has 0 aromatic heterocycles. The average Bonchev–Trinajstić information content (AvgIpc) is 2.03. The van der Waals surface area contributed by atoms with Crippen molar-refractivity contribution in [2.75, 3.05) is 20.0 Å². The molecule has 0 unspecified atom stereocenters. The zero-order chi connectivity index (χ0) is 8.36. The Kier molecular flexibility index (Phi) is 27.9. The van der Waals surface area contributed by atoms with Gasteiger partial charge < -0.3 is 33.4 Å². The van der Waals surface area contributed by atoms with Crippen molar-refractivity contribution in [3.8, 4) is 0 Å². The molecule has 0 atom stereocenters. The van der Waals surface area contributed by atoms with Gasteiger partial charge in [0, 0.05) is 6.61 Å². The van der Waals surface area contributed by atoms with Crippen molar-refractivity contribution in [2.45, 2.75) is 19.8 Å². The fraction of sp³-hybridized carbons (Fsp3) is 0.667. The van der Waals surface area contributed by atoms with E-state index in [4.69, 9.17) is 9.47 Å². The second kappa shape index (κ2) is 18.6. The maximum atomic E-state index is 5.13. The summed E-state index contributed by atoms with van der Waals surface area (Å²) < 4.78 is 10.1. The monoisotopic (exact) mass is 260 g/mol. The van der Waals surface area contributed by atoms with Gasteiger partial charge in [0.1, 0.15) is 6.79 Å². The molecule has 0 amide bonds. The first kappa shape index (κ1) is 19.5. The predicted molar refractivity (Wildman–Crippen MR) is 51.9 cm³/mol. The van der Waals surface area contributed by atoms with Crippen LogP contribution in [0.25, 0.3) is 0 Å². The predicted octanol–water partition coefficient (Wildman–Crippen LogP) is -1.21. The number of rotatable bonds is 7. The van der Waals surface area contributed by atoms with Gasteiger partial charge in [-0.3, -0.25) is 0 Å². The summed E-state index contributed by atoms with van der Waals surface area (Å²) in [6, 6.07) is 0. The molecule has 0 saturated carbocycles. The molecular weight excluding hydrogens is 244 g/mol. The van der Waals surface area contributed by atoms with Crippen LogP contribution in [0.5, 0.6) is 0 Å². The Morgan fingerprint density at radius 1 is 1.23 bits per heavy atom. The Hall–Kier alpha value is 0.906. The van der Waals surface area contributed by atoms with Gasteiger partial charge in [-0.1, -0.05) is 6.08 Å². The minimum atomic E-state index is 0. The van der Waals surface area contributed by atoms with Crippen molar-refractivity contribution in [3.05, 3.63) is 19.1 Å². The van der Waals surface area contributed by atoms with Crippen molar-refractivity contribution >= 4 is 23.1 Å². The molecule has 0 rings (SSSR count). The van der Waals surface area contributed by atoms with Gasteiger partial charge >= 0.3 is 23.1 Å². The molecular formula is C9H17BrMgO2. The molecule has 0 fully saturated rings. The Labute approximate surface area is 108 Å². The molecule has 0 N–H and O–H groups in total. The summed E-state index contributed by atoms with van der Waals surface area (Å²) in [5.74, 6) is 0. The maximum absolute atomic E-state index is 5.13. The quantitative estimate of drug-likeness (QED) is 0.188. The Balaban J connectivity index is -0.000000500. The van der Waals surface area contributed by atoms with Gasteiger partial charge in [0.2, 0.25) is 0 Å². The topological polar surface area (TPSA) is 18.5 Å². The molecule has 0 heterocycles. The van der Waals surface area contributed by atoms with Gasteiger partial charge in [0.05, 0.1) is 6.61 Å². The maximum Gasteiger partial charge on any atom is 2.00 e. The van der Waals surface area contributed by atoms with E-state index in [1.54, 1.807) is 0 Å². The van der Waals surface area contributed by atoms with Crippen LogP contribution in [0.1, 0.15) is 19.8 Å².